The maximum absolute atomic E-state index is 11.3. The fraction of sp³-hybridized carbons (Fsp3) is 0.562. The van der Waals surface area contributed by atoms with Gasteiger partial charge in [-0.1, -0.05) is 49.2 Å². The van der Waals surface area contributed by atoms with Crippen molar-refractivity contribution in [3.05, 3.63) is 34.4 Å². The van der Waals surface area contributed by atoms with Crippen molar-refractivity contribution in [2.75, 3.05) is 7.11 Å². The zero-order chi connectivity index (χ0) is 14.6. The monoisotopic (exact) mass is 282 g/mol. The lowest BCUT2D eigenvalue weighted by atomic mass is 9.68. The summed E-state index contributed by atoms with van der Waals surface area (Å²) in [5, 5.41) is 0.147. The molecule has 0 amide bonds. The summed E-state index contributed by atoms with van der Waals surface area (Å²) >= 11 is 5.95. The second-order valence-corrected chi connectivity index (χ2v) is 6.18. The molecule has 2 nitrogen and oxygen atoms in total. The minimum Gasteiger partial charge on any atom is -0.465 e. The molecule has 0 fully saturated rings. The molecule has 0 N–H and O–H groups in total. The molecule has 0 aromatic carbocycles. The Morgan fingerprint density at radius 2 is 2.16 bits per heavy atom. The van der Waals surface area contributed by atoms with Gasteiger partial charge >= 0.3 is 5.97 Å². The Hall–Kier alpha value is -1.02. The number of halogens is 1. The number of allylic oxidation sites excluding steroid dienone is 5. The lowest BCUT2D eigenvalue weighted by Gasteiger charge is -2.36. The fourth-order valence-electron chi connectivity index (χ4n) is 2.55. The number of esters is 1. The van der Waals surface area contributed by atoms with Gasteiger partial charge < -0.3 is 4.74 Å². The third-order valence-corrected chi connectivity index (χ3v) is 4.29. The molecule has 0 saturated heterocycles. The minimum atomic E-state index is -0.487. The molecule has 0 bridgehead atoms. The van der Waals surface area contributed by atoms with Crippen LogP contribution in [0.2, 0.25) is 0 Å². The quantitative estimate of drug-likeness (QED) is 0.327. The summed E-state index contributed by atoms with van der Waals surface area (Å²) in [6.45, 7) is 8.54. The lowest BCUT2D eigenvalue weighted by molar-refractivity contribution is -0.135. The molecule has 0 aliphatic heterocycles. The molecule has 0 heterocycles. The molecule has 19 heavy (non-hydrogen) atoms. The maximum Gasteiger partial charge on any atom is 0.349 e. The van der Waals surface area contributed by atoms with Gasteiger partial charge in [0.05, 0.1) is 7.11 Å². The van der Waals surface area contributed by atoms with Crippen molar-refractivity contribution >= 4 is 17.6 Å². The first-order chi connectivity index (χ1) is 8.79. The highest BCUT2D eigenvalue weighted by Crippen LogP contribution is 2.41. The van der Waals surface area contributed by atoms with Crippen molar-refractivity contribution in [2.45, 2.75) is 40.5 Å². The van der Waals surface area contributed by atoms with Crippen molar-refractivity contribution < 1.29 is 9.53 Å². The van der Waals surface area contributed by atoms with Gasteiger partial charge in [0.1, 0.15) is 5.03 Å². The topological polar surface area (TPSA) is 26.3 Å². The summed E-state index contributed by atoms with van der Waals surface area (Å²) in [6.07, 6.45) is 8.68. The molecule has 1 rings (SSSR count). The van der Waals surface area contributed by atoms with Gasteiger partial charge in [-0.05, 0) is 37.7 Å². The molecule has 1 aliphatic carbocycles. The smallest absolute Gasteiger partial charge is 0.349 e. The van der Waals surface area contributed by atoms with E-state index in [1.54, 1.807) is 0 Å². The highest BCUT2D eigenvalue weighted by atomic mass is 35.5. The molecule has 1 unspecified atom stereocenters. The van der Waals surface area contributed by atoms with Crippen LogP contribution in [0, 0.1) is 11.3 Å². The van der Waals surface area contributed by atoms with Crippen LogP contribution in [0.5, 0.6) is 0 Å². The van der Waals surface area contributed by atoms with E-state index in [1.807, 2.05) is 13.0 Å². The van der Waals surface area contributed by atoms with E-state index in [0.717, 1.165) is 12.0 Å². The Bertz CT molecular complexity index is 442. The van der Waals surface area contributed by atoms with E-state index in [-0.39, 0.29) is 10.4 Å². The summed E-state index contributed by atoms with van der Waals surface area (Å²) in [5.74, 6) is -0.0997. The van der Waals surface area contributed by atoms with Gasteiger partial charge in [0.15, 0.2) is 0 Å². The first-order valence-corrected chi connectivity index (χ1v) is 6.97. The van der Waals surface area contributed by atoms with Gasteiger partial charge in [-0.25, -0.2) is 4.79 Å². The van der Waals surface area contributed by atoms with Crippen LogP contribution in [-0.4, -0.2) is 13.1 Å². The number of rotatable bonds is 3. The Morgan fingerprint density at radius 3 is 2.68 bits per heavy atom. The van der Waals surface area contributed by atoms with Crippen molar-refractivity contribution in [1.82, 2.24) is 0 Å². The van der Waals surface area contributed by atoms with Gasteiger partial charge in [0.25, 0.3) is 0 Å². The Kier molecular flexibility index (Phi) is 5.42. The van der Waals surface area contributed by atoms with E-state index >= 15 is 0 Å². The molecule has 0 saturated carbocycles. The molecule has 0 radical (unpaired) electrons. The van der Waals surface area contributed by atoms with E-state index in [0.29, 0.717) is 5.92 Å². The SMILES string of the molecule is COC(=O)/C(Cl)=C(C)/C=C/C1C(C)=CCCC1(C)C. The number of methoxy groups -OCH3 is 1. The number of carbonyl (C=O) groups excluding carboxylic acids is 1. The zero-order valence-corrected chi connectivity index (χ0v) is 13.2. The van der Waals surface area contributed by atoms with Crippen molar-refractivity contribution in [1.29, 1.82) is 0 Å². The normalized spacial score (nSPS) is 23.9. The summed E-state index contributed by atoms with van der Waals surface area (Å²) in [7, 11) is 1.33. The second kappa shape index (κ2) is 6.42. The number of ether oxygens (including phenoxy) is 1. The number of hydrogen-bond acceptors (Lipinski definition) is 2. The number of carbonyl (C=O) groups is 1. The second-order valence-electron chi connectivity index (χ2n) is 5.80. The summed E-state index contributed by atoms with van der Waals surface area (Å²) in [5.41, 5.74) is 2.37. The number of hydrogen-bond donors (Lipinski definition) is 0. The van der Waals surface area contributed by atoms with Crippen LogP contribution in [0.1, 0.15) is 40.5 Å². The summed E-state index contributed by atoms with van der Waals surface area (Å²) < 4.78 is 4.61. The molecule has 0 spiro atoms. The Balaban J connectivity index is 2.94. The van der Waals surface area contributed by atoms with Gasteiger partial charge in [0.2, 0.25) is 0 Å². The van der Waals surface area contributed by atoms with Crippen molar-refractivity contribution in [3.8, 4) is 0 Å². The zero-order valence-electron chi connectivity index (χ0n) is 12.4. The highest BCUT2D eigenvalue weighted by molar-refractivity contribution is 6.41. The van der Waals surface area contributed by atoms with E-state index in [2.05, 4.69) is 37.7 Å². The van der Waals surface area contributed by atoms with Gasteiger partial charge in [0, 0.05) is 5.92 Å². The first kappa shape index (κ1) is 16.0. The largest absolute Gasteiger partial charge is 0.465 e. The predicted octanol–water partition coefficient (Wildman–Crippen LogP) is 4.61. The average molecular weight is 283 g/mol. The Labute approximate surface area is 121 Å². The van der Waals surface area contributed by atoms with Crippen molar-refractivity contribution in [2.24, 2.45) is 11.3 Å². The van der Waals surface area contributed by atoms with Crippen LogP contribution >= 0.6 is 11.6 Å². The van der Waals surface area contributed by atoms with E-state index in [9.17, 15) is 4.79 Å². The molecular formula is C16H23ClO2. The van der Waals surface area contributed by atoms with Crippen LogP contribution < -0.4 is 0 Å². The van der Waals surface area contributed by atoms with Crippen LogP contribution in [0.3, 0.4) is 0 Å². The maximum atomic E-state index is 11.3. The fourth-order valence-corrected chi connectivity index (χ4v) is 2.69. The summed E-state index contributed by atoms with van der Waals surface area (Å²) in [6, 6.07) is 0. The van der Waals surface area contributed by atoms with Gasteiger partial charge in [-0.2, -0.15) is 0 Å². The van der Waals surface area contributed by atoms with Crippen molar-refractivity contribution in [3.63, 3.8) is 0 Å². The van der Waals surface area contributed by atoms with Gasteiger partial charge in [-0.15, -0.1) is 0 Å². The predicted molar refractivity (Wildman–Crippen MR) is 80.0 cm³/mol. The van der Waals surface area contributed by atoms with Gasteiger partial charge in [-0.3, -0.25) is 0 Å². The minimum absolute atomic E-state index is 0.147. The van der Waals surface area contributed by atoms with Crippen LogP contribution in [0.15, 0.2) is 34.4 Å². The lowest BCUT2D eigenvalue weighted by Crippen LogP contribution is -2.26. The molecule has 0 aromatic rings. The molecule has 0 aromatic heterocycles. The molecule has 1 atom stereocenters. The molecule has 1 aliphatic rings. The van der Waals surface area contributed by atoms with E-state index in [1.165, 1.54) is 19.1 Å². The average Bonchev–Trinajstić information content (AvgIpc) is 2.35. The third kappa shape index (κ3) is 3.97. The van der Waals surface area contributed by atoms with Crippen LogP contribution in [-0.2, 0) is 9.53 Å². The summed E-state index contributed by atoms with van der Waals surface area (Å²) in [4.78, 5) is 11.3. The first-order valence-electron chi connectivity index (χ1n) is 6.59. The van der Waals surface area contributed by atoms with E-state index < -0.39 is 5.97 Å². The third-order valence-electron chi connectivity index (χ3n) is 3.84. The molecule has 106 valence electrons. The van der Waals surface area contributed by atoms with Crippen LogP contribution in [0.4, 0.5) is 0 Å². The molecular weight excluding hydrogens is 260 g/mol. The van der Waals surface area contributed by atoms with E-state index in [4.69, 9.17) is 11.6 Å². The molecule has 3 heteroatoms. The standard InChI is InChI=1S/C16H23ClO2/c1-11-7-6-10-16(3,4)13(11)9-8-12(2)14(17)15(18)19-5/h7-9,13H,6,10H2,1-5H3/b9-8+,14-12-. The highest BCUT2D eigenvalue weighted by Gasteiger charge is 2.30. The van der Waals surface area contributed by atoms with Crippen LogP contribution in [0.25, 0.3) is 0 Å². The Morgan fingerprint density at radius 1 is 1.53 bits per heavy atom.